The minimum atomic E-state index is -4.29. The maximum Gasteiger partial charge on any atom is 0.416 e. The Kier molecular flexibility index (Phi) is 4.99. The molecule has 1 aliphatic carbocycles. The minimum absolute atomic E-state index is 0.355. The minimum Gasteiger partial charge on any atom is -0.381 e. The Balaban J connectivity index is 2.06. The second kappa shape index (κ2) is 6.37. The molecule has 1 aromatic rings. The van der Waals surface area contributed by atoms with Gasteiger partial charge in [0.1, 0.15) is 0 Å². The molecule has 0 saturated heterocycles. The molecule has 5 heteroatoms. The zero-order valence-corrected chi connectivity index (χ0v) is 13.0. The van der Waals surface area contributed by atoms with E-state index in [9.17, 15) is 13.2 Å². The maximum atomic E-state index is 12.6. The fraction of sp³-hybridized carbons (Fsp3) is 0.600. The van der Waals surface area contributed by atoms with Crippen molar-refractivity contribution >= 4 is 21.6 Å². The number of rotatable bonds is 2. The predicted octanol–water partition coefficient (Wildman–Crippen LogP) is 5.85. The molecule has 0 radical (unpaired) electrons. The quantitative estimate of drug-likeness (QED) is 0.660. The van der Waals surface area contributed by atoms with Gasteiger partial charge < -0.3 is 5.32 Å². The van der Waals surface area contributed by atoms with Crippen LogP contribution in [0.2, 0.25) is 0 Å². The highest BCUT2D eigenvalue weighted by Crippen LogP contribution is 2.35. The van der Waals surface area contributed by atoms with E-state index in [2.05, 4.69) is 28.2 Å². The fourth-order valence-corrected chi connectivity index (χ4v) is 3.15. The van der Waals surface area contributed by atoms with Gasteiger partial charge in [0.05, 0.1) is 5.56 Å². The molecule has 112 valence electrons. The average Bonchev–Trinajstić information content (AvgIpc) is 2.56. The van der Waals surface area contributed by atoms with E-state index in [1.807, 2.05) is 0 Å². The predicted molar refractivity (Wildman–Crippen MR) is 78.8 cm³/mol. The number of hydrogen-bond acceptors (Lipinski definition) is 1. The van der Waals surface area contributed by atoms with Crippen LogP contribution in [-0.2, 0) is 6.18 Å². The summed E-state index contributed by atoms with van der Waals surface area (Å²) in [6.07, 6.45) is 1.46. The van der Waals surface area contributed by atoms with E-state index in [0.717, 1.165) is 36.6 Å². The van der Waals surface area contributed by atoms with Gasteiger partial charge >= 0.3 is 6.18 Å². The molecule has 2 atom stereocenters. The van der Waals surface area contributed by atoms with Gasteiger partial charge in [-0.1, -0.05) is 19.8 Å². The van der Waals surface area contributed by atoms with E-state index >= 15 is 0 Å². The monoisotopic (exact) mass is 349 g/mol. The first-order chi connectivity index (χ1) is 9.36. The number of benzene rings is 1. The number of alkyl halides is 3. The zero-order valence-electron chi connectivity index (χ0n) is 11.4. The SMILES string of the molecule is CC1CCCC(Nc2ccc(C(F)(F)F)cc2Br)CC1. The smallest absolute Gasteiger partial charge is 0.381 e. The van der Waals surface area contributed by atoms with Crippen LogP contribution >= 0.6 is 15.9 Å². The van der Waals surface area contributed by atoms with E-state index in [1.54, 1.807) is 0 Å². The van der Waals surface area contributed by atoms with Crippen molar-refractivity contribution in [1.82, 2.24) is 0 Å². The second-order valence-corrected chi connectivity index (χ2v) is 6.50. The molecule has 0 spiro atoms. The summed E-state index contributed by atoms with van der Waals surface area (Å²) in [5.41, 5.74) is 0.127. The zero-order chi connectivity index (χ0) is 14.8. The first kappa shape index (κ1) is 15.7. The molecule has 1 saturated carbocycles. The van der Waals surface area contributed by atoms with Crippen molar-refractivity contribution in [3.8, 4) is 0 Å². The Hall–Kier alpha value is -0.710. The topological polar surface area (TPSA) is 12.0 Å². The van der Waals surface area contributed by atoms with E-state index < -0.39 is 11.7 Å². The first-order valence-electron chi connectivity index (χ1n) is 6.99. The second-order valence-electron chi connectivity index (χ2n) is 5.65. The Morgan fingerprint density at radius 1 is 1.15 bits per heavy atom. The molecule has 1 N–H and O–H groups in total. The number of nitrogens with one attached hydrogen (secondary N) is 1. The largest absolute Gasteiger partial charge is 0.416 e. The van der Waals surface area contributed by atoms with E-state index in [0.29, 0.717) is 10.5 Å². The first-order valence-corrected chi connectivity index (χ1v) is 7.79. The molecule has 2 unspecified atom stereocenters. The van der Waals surface area contributed by atoms with Crippen molar-refractivity contribution in [1.29, 1.82) is 0 Å². The van der Waals surface area contributed by atoms with Crippen LogP contribution < -0.4 is 5.32 Å². The third-order valence-corrected chi connectivity index (χ3v) is 4.57. The summed E-state index contributed by atoms with van der Waals surface area (Å²) in [5.74, 6) is 0.748. The molecule has 0 amide bonds. The summed E-state index contributed by atoms with van der Waals surface area (Å²) < 4.78 is 38.3. The molecule has 20 heavy (non-hydrogen) atoms. The molecular weight excluding hydrogens is 331 g/mol. The van der Waals surface area contributed by atoms with Gasteiger partial charge in [-0.3, -0.25) is 0 Å². The summed E-state index contributed by atoms with van der Waals surface area (Å²) >= 11 is 3.24. The van der Waals surface area contributed by atoms with Crippen molar-refractivity contribution in [2.75, 3.05) is 5.32 Å². The molecule has 2 rings (SSSR count). The molecule has 0 bridgehead atoms. The van der Waals surface area contributed by atoms with Crippen LogP contribution in [0.4, 0.5) is 18.9 Å². The highest BCUT2D eigenvalue weighted by atomic mass is 79.9. The lowest BCUT2D eigenvalue weighted by molar-refractivity contribution is -0.137. The summed E-state index contributed by atoms with van der Waals surface area (Å²) in [4.78, 5) is 0. The lowest BCUT2D eigenvalue weighted by Gasteiger charge is -2.19. The highest BCUT2D eigenvalue weighted by molar-refractivity contribution is 9.10. The van der Waals surface area contributed by atoms with Gasteiger partial charge in [-0.15, -0.1) is 0 Å². The van der Waals surface area contributed by atoms with Gasteiger partial charge in [0.15, 0.2) is 0 Å². The third kappa shape index (κ3) is 4.14. The van der Waals surface area contributed by atoms with Gasteiger partial charge in [-0.05, 0) is 59.3 Å². The van der Waals surface area contributed by atoms with Crippen LogP contribution in [0, 0.1) is 5.92 Å². The fourth-order valence-electron chi connectivity index (χ4n) is 2.66. The normalized spacial score (nSPS) is 24.2. The number of anilines is 1. The molecule has 0 aromatic heterocycles. The molecule has 0 heterocycles. The van der Waals surface area contributed by atoms with Crippen molar-refractivity contribution in [3.63, 3.8) is 0 Å². The third-order valence-electron chi connectivity index (χ3n) is 3.91. The number of hydrogen-bond donors (Lipinski definition) is 1. The lowest BCUT2D eigenvalue weighted by Crippen LogP contribution is -2.19. The lowest BCUT2D eigenvalue weighted by atomic mass is 10.0. The molecule has 1 fully saturated rings. The Bertz CT molecular complexity index is 459. The van der Waals surface area contributed by atoms with E-state index in [1.165, 1.54) is 25.3 Å². The molecule has 1 aromatic carbocycles. The van der Waals surface area contributed by atoms with Crippen LogP contribution in [0.5, 0.6) is 0 Å². The van der Waals surface area contributed by atoms with Gasteiger partial charge in [0.25, 0.3) is 0 Å². The van der Waals surface area contributed by atoms with Crippen LogP contribution in [0.15, 0.2) is 22.7 Å². The van der Waals surface area contributed by atoms with E-state index in [4.69, 9.17) is 0 Å². The Labute approximate surface area is 126 Å². The van der Waals surface area contributed by atoms with Gasteiger partial charge in [-0.2, -0.15) is 13.2 Å². The van der Waals surface area contributed by atoms with Gasteiger partial charge in [0, 0.05) is 16.2 Å². The summed E-state index contributed by atoms with van der Waals surface area (Å²) in [6.45, 7) is 2.26. The maximum absolute atomic E-state index is 12.6. The van der Waals surface area contributed by atoms with Gasteiger partial charge in [0.2, 0.25) is 0 Å². The van der Waals surface area contributed by atoms with Crippen LogP contribution in [-0.4, -0.2) is 6.04 Å². The van der Waals surface area contributed by atoms with E-state index in [-0.39, 0.29) is 0 Å². The highest BCUT2D eigenvalue weighted by Gasteiger charge is 2.31. The summed E-state index contributed by atoms with van der Waals surface area (Å²) in [5, 5.41) is 3.37. The average molecular weight is 350 g/mol. The Morgan fingerprint density at radius 3 is 2.55 bits per heavy atom. The standard InChI is InChI=1S/C15H19BrF3N/c1-10-3-2-4-12(7-5-10)20-14-8-6-11(9-13(14)16)15(17,18)19/h6,8-10,12,20H,2-5,7H2,1H3. The summed E-state index contributed by atoms with van der Waals surface area (Å²) in [6, 6.07) is 4.14. The van der Waals surface area contributed by atoms with Crippen molar-refractivity contribution < 1.29 is 13.2 Å². The van der Waals surface area contributed by atoms with Crippen molar-refractivity contribution in [3.05, 3.63) is 28.2 Å². The molecule has 1 aliphatic rings. The molecule has 1 nitrogen and oxygen atoms in total. The number of halogens is 4. The van der Waals surface area contributed by atoms with Crippen LogP contribution in [0.1, 0.15) is 44.6 Å². The molecular formula is C15H19BrF3N. The van der Waals surface area contributed by atoms with Crippen LogP contribution in [0.25, 0.3) is 0 Å². The summed E-state index contributed by atoms with van der Waals surface area (Å²) in [7, 11) is 0. The van der Waals surface area contributed by atoms with Crippen molar-refractivity contribution in [2.45, 2.75) is 51.2 Å². The van der Waals surface area contributed by atoms with Crippen LogP contribution in [0.3, 0.4) is 0 Å². The molecule has 0 aliphatic heterocycles. The van der Waals surface area contributed by atoms with Gasteiger partial charge in [-0.25, -0.2) is 0 Å². The van der Waals surface area contributed by atoms with Crippen molar-refractivity contribution in [2.24, 2.45) is 5.92 Å². The Morgan fingerprint density at radius 2 is 1.90 bits per heavy atom.